The third-order valence-corrected chi connectivity index (χ3v) is 3.40. The van der Waals surface area contributed by atoms with Gasteiger partial charge < -0.3 is 15.7 Å². The van der Waals surface area contributed by atoms with Crippen LogP contribution in [0.4, 0.5) is 4.39 Å². The molecule has 0 aromatic heterocycles. The van der Waals surface area contributed by atoms with Gasteiger partial charge in [0, 0.05) is 19.0 Å². The van der Waals surface area contributed by atoms with E-state index >= 15 is 0 Å². The zero-order valence-electron chi connectivity index (χ0n) is 11.7. The Hall–Kier alpha value is -1.90. The molecule has 0 spiro atoms. The summed E-state index contributed by atoms with van der Waals surface area (Å²) in [5, 5.41) is 15.7. The van der Waals surface area contributed by atoms with Crippen molar-refractivity contribution in [1.82, 2.24) is 10.6 Å². The van der Waals surface area contributed by atoms with E-state index in [1.165, 1.54) is 24.3 Å². The Kier molecular flexibility index (Phi) is 5.73. The second-order valence-electron chi connectivity index (χ2n) is 5.09. The second kappa shape index (κ2) is 7.77. The summed E-state index contributed by atoms with van der Waals surface area (Å²) in [5.41, 5.74) is 0.557. The van der Waals surface area contributed by atoms with Crippen LogP contribution in [-0.2, 0) is 4.79 Å². The first-order chi connectivity index (χ1) is 10.1. The second-order valence-corrected chi connectivity index (χ2v) is 5.09. The smallest absolute Gasteiger partial charge is 0.295 e. The van der Waals surface area contributed by atoms with E-state index in [1.54, 1.807) is 0 Å². The first kappa shape index (κ1) is 15.5. The summed E-state index contributed by atoms with van der Waals surface area (Å²) < 4.78 is 12.8. The van der Waals surface area contributed by atoms with E-state index in [0.29, 0.717) is 5.56 Å². The lowest BCUT2D eigenvalue weighted by atomic mass is 10.0. The first-order valence-electron chi connectivity index (χ1n) is 7.09. The molecule has 1 saturated heterocycles. The normalized spacial score (nSPS) is 19.2. The maximum Gasteiger partial charge on any atom is 0.295 e. The van der Waals surface area contributed by atoms with Gasteiger partial charge in [-0.3, -0.25) is 4.79 Å². The van der Waals surface area contributed by atoms with Gasteiger partial charge in [0.15, 0.2) is 0 Å². The molecular weight excluding hydrogens is 271 g/mol. The topological polar surface area (TPSA) is 61.4 Å². The Morgan fingerprint density at radius 2 is 2.24 bits per heavy atom. The number of hydrogen-bond donors (Lipinski definition) is 3. The average Bonchev–Trinajstić information content (AvgIpc) is 2.52. The number of carbonyl (C=O) groups excluding carboxylic acids is 1. The van der Waals surface area contributed by atoms with Crippen LogP contribution in [0.2, 0.25) is 0 Å². The Bertz CT molecular complexity index is 527. The molecule has 1 amide bonds. The summed E-state index contributed by atoms with van der Waals surface area (Å²) in [6, 6.07) is 5.53. The van der Waals surface area contributed by atoms with Crippen LogP contribution in [0, 0.1) is 23.6 Å². The van der Waals surface area contributed by atoms with Gasteiger partial charge in [0.2, 0.25) is 0 Å². The monoisotopic (exact) mass is 290 g/mol. The number of carbonyl (C=O) groups is 1. The molecule has 1 heterocycles. The molecule has 112 valence electrons. The molecule has 4 nitrogen and oxygen atoms in total. The molecule has 2 atom stereocenters. The van der Waals surface area contributed by atoms with Gasteiger partial charge in [-0.1, -0.05) is 18.1 Å². The van der Waals surface area contributed by atoms with Crippen molar-refractivity contribution in [1.29, 1.82) is 0 Å². The zero-order chi connectivity index (χ0) is 15.1. The first-order valence-corrected chi connectivity index (χ1v) is 7.09. The average molecular weight is 290 g/mol. The number of nitrogens with one attached hydrogen (secondary N) is 2. The van der Waals surface area contributed by atoms with Crippen LogP contribution in [0.5, 0.6) is 0 Å². The summed E-state index contributed by atoms with van der Waals surface area (Å²) in [7, 11) is 0. The fourth-order valence-corrected chi connectivity index (χ4v) is 2.18. The number of hydrogen-bond acceptors (Lipinski definition) is 3. The van der Waals surface area contributed by atoms with E-state index in [0.717, 1.165) is 25.9 Å². The van der Waals surface area contributed by atoms with Gasteiger partial charge in [-0.15, -0.1) is 0 Å². The number of piperidine rings is 1. The summed E-state index contributed by atoms with van der Waals surface area (Å²) in [5.74, 6) is 4.95. The number of aliphatic hydroxyl groups excluding tert-OH is 1. The van der Waals surface area contributed by atoms with Crippen molar-refractivity contribution in [2.75, 3.05) is 19.6 Å². The molecule has 1 aromatic rings. The molecule has 0 radical (unpaired) electrons. The largest absolute Gasteiger partial charge is 0.387 e. The summed E-state index contributed by atoms with van der Waals surface area (Å²) in [6.07, 6.45) is 1.21. The maximum absolute atomic E-state index is 12.8. The molecule has 0 aliphatic carbocycles. The number of rotatable bonds is 3. The lowest BCUT2D eigenvalue weighted by molar-refractivity contribution is -0.116. The quantitative estimate of drug-likeness (QED) is 0.727. The molecule has 3 N–H and O–H groups in total. The third-order valence-electron chi connectivity index (χ3n) is 3.40. The Morgan fingerprint density at radius 3 is 2.90 bits per heavy atom. The van der Waals surface area contributed by atoms with E-state index in [4.69, 9.17) is 0 Å². The Labute approximate surface area is 123 Å². The molecule has 1 fully saturated rings. The molecule has 1 aromatic carbocycles. The van der Waals surface area contributed by atoms with E-state index in [2.05, 4.69) is 22.5 Å². The minimum absolute atomic E-state index is 0.0576. The van der Waals surface area contributed by atoms with Gasteiger partial charge in [-0.05, 0) is 43.0 Å². The van der Waals surface area contributed by atoms with Crippen LogP contribution in [0.15, 0.2) is 24.3 Å². The zero-order valence-corrected chi connectivity index (χ0v) is 11.7. The van der Waals surface area contributed by atoms with Crippen molar-refractivity contribution in [2.45, 2.75) is 18.9 Å². The molecule has 5 heteroatoms. The van der Waals surface area contributed by atoms with Crippen LogP contribution >= 0.6 is 0 Å². The number of amides is 1. The molecule has 0 unspecified atom stereocenters. The minimum Gasteiger partial charge on any atom is -0.387 e. The summed E-state index contributed by atoms with van der Waals surface area (Å²) >= 11 is 0. The lowest BCUT2D eigenvalue weighted by Crippen LogP contribution is -2.30. The highest BCUT2D eigenvalue weighted by Crippen LogP contribution is 2.12. The van der Waals surface area contributed by atoms with Crippen molar-refractivity contribution in [3.05, 3.63) is 35.6 Å². The van der Waals surface area contributed by atoms with Crippen molar-refractivity contribution in [3.63, 3.8) is 0 Å². The SMILES string of the molecule is O=C(C#C[C@@H]1CCCNC1)NC[C@H](O)c1ccc(F)cc1. The van der Waals surface area contributed by atoms with Crippen molar-refractivity contribution in [3.8, 4) is 11.8 Å². The van der Waals surface area contributed by atoms with Gasteiger partial charge in [-0.25, -0.2) is 4.39 Å². The Balaban J connectivity index is 1.78. The Morgan fingerprint density at radius 1 is 1.48 bits per heavy atom. The number of halogens is 1. The standard InChI is InChI=1S/C16H19FN2O2/c17-14-6-4-13(5-7-14)15(20)11-19-16(21)8-3-12-2-1-9-18-10-12/h4-7,12,15,18,20H,1-2,9-11H2,(H,19,21)/t12-,15-/m0/s1. The summed E-state index contributed by atoms with van der Waals surface area (Å²) in [4.78, 5) is 11.6. The fourth-order valence-electron chi connectivity index (χ4n) is 2.18. The van der Waals surface area contributed by atoms with Gasteiger partial charge in [0.05, 0.1) is 6.10 Å². The molecule has 0 bridgehead atoms. The van der Waals surface area contributed by atoms with Gasteiger partial charge in [-0.2, -0.15) is 0 Å². The van der Waals surface area contributed by atoms with Crippen molar-refractivity contribution < 1.29 is 14.3 Å². The van der Waals surface area contributed by atoms with E-state index in [-0.39, 0.29) is 18.3 Å². The van der Waals surface area contributed by atoms with E-state index in [9.17, 15) is 14.3 Å². The molecule has 0 saturated carbocycles. The molecule has 2 rings (SSSR count). The van der Waals surface area contributed by atoms with Gasteiger partial charge in [0.1, 0.15) is 5.82 Å². The van der Waals surface area contributed by atoms with E-state index in [1.807, 2.05) is 0 Å². The number of benzene rings is 1. The molecule has 1 aliphatic heterocycles. The van der Waals surface area contributed by atoms with Gasteiger partial charge >= 0.3 is 0 Å². The number of aliphatic hydroxyl groups is 1. The highest BCUT2D eigenvalue weighted by molar-refractivity contribution is 5.93. The molecular formula is C16H19FN2O2. The third kappa shape index (κ3) is 5.18. The predicted molar refractivity (Wildman–Crippen MR) is 77.7 cm³/mol. The predicted octanol–water partition coefficient (Wildman–Crippen LogP) is 0.978. The van der Waals surface area contributed by atoms with Crippen LogP contribution in [0.25, 0.3) is 0 Å². The minimum atomic E-state index is -0.868. The van der Waals surface area contributed by atoms with Crippen molar-refractivity contribution in [2.24, 2.45) is 5.92 Å². The van der Waals surface area contributed by atoms with Crippen LogP contribution in [0.3, 0.4) is 0 Å². The van der Waals surface area contributed by atoms with Crippen LogP contribution < -0.4 is 10.6 Å². The highest BCUT2D eigenvalue weighted by Gasteiger charge is 2.11. The van der Waals surface area contributed by atoms with Crippen molar-refractivity contribution >= 4 is 5.91 Å². The fraction of sp³-hybridized carbons (Fsp3) is 0.438. The van der Waals surface area contributed by atoms with Crippen LogP contribution in [-0.4, -0.2) is 30.6 Å². The van der Waals surface area contributed by atoms with Crippen LogP contribution in [0.1, 0.15) is 24.5 Å². The van der Waals surface area contributed by atoms with E-state index < -0.39 is 12.0 Å². The highest BCUT2D eigenvalue weighted by atomic mass is 19.1. The maximum atomic E-state index is 12.8. The molecule has 21 heavy (non-hydrogen) atoms. The van der Waals surface area contributed by atoms with Gasteiger partial charge in [0.25, 0.3) is 5.91 Å². The molecule has 1 aliphatic rings. The summed E-state index contributed by atoms with van der Waals surface area (Å²) in [6.45, 7) is 1.88. The lowest BCUT2D eigenvalue weighted by Gasteiger charge is -2.17.